The molecule has 0 amide bonds. The van der Waals surface area contributed by atoms with Crippen molar-refractivity contribution < 1.29 is 0 Å². The van der Waals surface area contributed by atoms with Crippen molar-refractivity contribution in [3.05, 3.63) is 0 Å². The van der Waals surface area contributed by atoms with Gasteiger partial charge in [-0.3, -0.25) is 4.99 Å². The average Bonchev–Trinajstić information content (AvgIpc) is 2.12. The molecule has 1 aliphatic carbocycles. The van der Waals surface area contributed by atoms with Crippen LogP contribution in [-0.2, 0) is 0 Å². The lowest BCUT2D eigenvalue weighted by molar-refractivity contribution is 0.213. The van der Waals surface area contributed by atoms with E-state index in [1.54, 1.807) is 0 Å². The zero-order chi connectivity index (χ0) is 9.10. The van der Waals surface area contributed by atoms with Crippen LogP contribution in [0.15, 0.2) is 4.99 Å². The molecule has 2 aliphatic rings. The molecule has 2 nitrogen and oxygen atoms in total. The van der Waals surface area contributed by atoms with E-state index in [1.165, 1.54) is 44.5 Å². The Balaban J connectivity index is 1.64. The Morgan fingerprint density at radius 2 is 2.23 bits per heavy atom. The van der Waals surface area contributed by atoms with E-state index >= 15 is 0 Å². The van der Waals surface area contributed by atoms with Crippen LogP contribution < -0.4 is 5.32 Å². The van der Waals surface area contributed by atoms with E-state index in [4.69, 9.17) is 0 Å². The van der Waals surface area contributed by atoms with Crippen molar-refractivity contribution in [2.24, 2.45) is 16.8 Å². The van der Waals surface area contributed by atoms with Crippen molar-refractivity contribution in [3.8, 4) is 0 Å². The average molecular weight is 180 g/mol. The van der Waals surface area contributed by atoms with E-state index < -0.39 is 0 Å². The first-order valence-electron chi connectivity index (χ1n) is 5.62. The van der Waals surface area contributed by atoms with Gasteiger partial charge in [-0.2, -0.15) is 0 Å². The molecule has 0 aromatic heterocycles. The van der Waals surface area contributed by atoms with Gasteiger partial charge in [0.15, 0.2) is 0 Å². The summed E-state index contributed by atoms with van der Waals surface area (Å²) in [4.78, 5) is 4.48. The Morgan fingerprint density at radius 3 is 2.85 bits per heavy atom. The molecule has 0 aromatic carbocycles. The first kappa shape index (κ1) is 9.04. The summed E-state index contributed by atoms with van der Waals surface area (Å²) in [6.07, 6.45) is 6.63. The van der Waals surface area contributed by atoms with E-state index in [-0.39, 0.29) is 0 Å². The van der Waals surface area contributed by atoms with Crippen LogP contribution in [0.4, 0.5) is 0 Å². The molecule has 0 spiro atoms. The number of nitrogens with zero attached hydrogens (tertiary/aromatic N) is 1. The molecule has 0 unspecified atom stereocenters. The molecule has 13 heavy (non-hydrogen) atoms. The molecule has 0 radical (unpaired) electrons. The van der Waals surface area contributed by atoms with E-state index in [9.17, 15) is 0 Å². The Hall–Kier alpha value is -0.530. The molecule has 74 valence electrons. The first-order valence-corrected chi connectivity index (χ1v) is 5.62. The first-order chi connectivity index (χ1) is 6.34. The molecule has 0 aromatic rings. The van der Waals surface area contributed by atoms with Crippen LogP contribution in [-0.4, -0.2) is 18.9 Å². The second-order valence-corrected chi connectivity index (χ2v) is 4.61. The monoisotopic (exact) mass is 180 g/mol. The van der Waals surface area contributed by atoms with Gasteiger partial charge in [-0.25, -0.2) is 0 Å². The maximum atomic E-state index is 4.48. The molecule has 0 bridgehead atoms. The van der Waals surface area contributed by atoms with Gasteiger partial charge < -0.3 is 5.32 Å². The van der Waals surface area contributed by atoms with Crippen LogP contribution in [0.5, 0.6) is 0 Å². The van der Waals surface area contributed by atoms with Gasteiger partial charge in [0.25, 0.3) is 0 Å². The number of nitrogens with one attached hydrogen (secondary N) is 1. The maximum Gasteiger partial charge on any atom is 0.0963 e. The normalized spacial score (nSPS) is 33.5. The zero-order valence-electron chi connectivity index (χ0n) is 8.55. The highest BCUT2D eigenvalue weighted by Gasteiger charge is 2.24. The van der Waals surface area contributed by atoms with Crippen molar-refractivity contribution in [2.45, 2.75) is 39.0 Å². The number of rotatable bonds is 2. The van der Waals surface area contributed by atoms with Crippen LogP contribution >= 0.6 is 0 Å². The third-order valence-corrected chi connectivity index (χ3v) is 3.19. The van der Waals surface area contributed by atoms with Crippen LogP contribution in [0.1, 0.15) is 39.0 Å². The number of hydrogen-bond donors (Lipinski definition) is 1. The molecule has 2 heteroatoms. The molecule has 0 saturated heterocycles. The molecular weight excluding hydrogens is 160 g/mol. The maximum absolute atomic E-state index is 4.48. The molecule has 1 saturated carbocycles. The number of hydrogen-bond acceptors (Lipinski definition) is 2. The standard InChI is InChI=1S/C11H20N2/c1-9-6-10(7-9)8-13-11-4-2-3-5-12-11/h9-10H,2-8H2,1H3,(H,12,13). The van der Waals surface area contributed by atoms with Gasteiger partial charge in [-0.15, -0.1) is 0 Å². The van der Waals surface area contributed by atoms with E-state index in [2.05, 4.69) is 17.2 Å². The quantitative estimate of drug-likeness (QED) is 0.692. The highest BCUT2D eigenvalue weighted by atomic mass is 15.0. The van der Waals surface area contributed by atoms with Gasteiger partial charge in [-0.05, 0) is 37.5 Å². The minimum atomic E-state index is 0.930. The fourth-order valence-electron chi connectivity index (χ4n) is 2.34. The Bertz CT molecular complexity index is 192. The zero-order valence-corrected chi connectivity index (χ0v) is 8.55. The van der Waals surface area contributed by atoms with Crippen LogP contribution in [0.2, 0.25) is 0 Å². The van der Waals surface area contributed by atoms with Crippen molar-refractivity contribution in [2.75, 3.05) is 13.1 Å². The fraction of sp³-hybridized carbons (Fsp3) is 0.909. The van der Waals surface area contributed by atoms with Crippen molar-refractivity contribution in [1.82, 2.24) is 5.32 Å². The Labute approximate surface area is 80.8 Å². The van der Waals surface area contributed by atoms with Gasteiger partial charge >= 0.3 is 0 Å². The Morgan fingerprint density at radius 1 is 1.38 bits per heavy atom. The van der Waals surface area contributed by atoms with Gasteiger partial charge in [0.1, 0.15) is 0 Å². The van der Waals surface area contributed by atoms with Gasteiger partial charge in [0.2, 0.25) is 0 Å². The topological polar surface area (TPSA) is 24.4 Å². The van der Waals surface area contributed by atoms with E-state index in [1.807, 2.05) is 0 Å². The summed E-state index contributed by atoms with van der Waals surface area (Å²) in [6, 6.07) is 0. The summed E-state index contributed by atoms with van der Waals surface area (Å²) < 4.78 is 0. The lowest BCUT2D eigenvalue weighted by atomic mass is 9.76. The smallest absolute Gasteiger partial charge is 0.0963 e. The van der Waals surface area contributed by atoms with Gasteiger partial charge in [-0.1, -0.05) is 6.92 Å². The predicted octanol–water partition coefficient (Wildman–Crippen LogP) is 2.20. The second kappa shape index (κ2) is 4.12. The summed E-state index contributed by atoms with van der Waals surface area (Å²) in [6.45, 7) is 4.56. The minimum absolute atomic E-state index is 0.930. The summed E-state index contributed by atoms with van der Waals surface area (Å²) >= 11 is 0. The molecule has 2 rings (SSSR count). The summed E-state index contributed by atoms with van der Waals surface area (Å²) in [5.41, 5.74) is 0. The summed E-state index contributed by atoms with van der Waals surface area (Å²) in [5, 5.41) is 3.49. The third-order valence-electron chi connectivity index (χ3n) is 3.19. The molecular formula is C11H20N2. The van der Waals surface area contributed by atoms with Crippen molar-refractivity contribution in [1.29, 1.82) is 0 Å². The van der Waals surface area contributed by atoms with E-state index in [0.29, 0.717) is 0 Å². The molecule has 1 aliphatic heterocycles. The summed E-state index contributed by atoms with van der Waals surface area (Å²) in [5.74, 6) is 3.17. The van der Waals surface area contributed by atoms with Crippen LogP contribution in [0.3, 0.4) is 0 Å². The Kier molecular flexibility index (Phi) is 2.87. The number of amidine groups is 1. The highest BCUT2D eigenvalue weighted by molar-refractivity contribution is 5.82. The van der Waals surface area contributed by atoms with Crippen molar-refractivity contribution >= 4 is 5.84 Å². The number of aliphatic imine (C=N–C) groups is 1. The lowest BCUT2D eigenvalue weighted by Crippen LogP contribution is -2.36. The third kappa shape index (κ3) is 2.45. The van der Waals surface area contributed by atoms with E-state index in [0.717, 1.165) is 18.4 Å². The molecule has 0 atom stereocenters. The highest BCUT2D eigenvalue weighted by Crippen LogP contribution is 2.32. The van der Waals surface area contributed by atoms with Gasteiger partial charge in [0, 0.05) is 19.5 Å². The second-order valence-electron chi connectivity index (χ2n) is 4.61. The molecule has 1 N–H and O–H groups in total. The SMILES string of the molecule is CC1CC(CNC2=NCCCC2)C1. The molecule has 1 heterocycles. The van der Waals surface area contributed by atoms with Crippen LogP contribution in [0.25, 0.3) is 0 Å². The lowest BCUT2D eigenvalue weighted by Gasteiger charge is -2.33. The minimum Gasteiger partial charge on any atom is -0.374 e. The largest absolute Gasteiger partial charge is 0.374 e. The van der Waals surface area contributed by atoms with Gasteiger partial charge in [0.05, 0.1) is 5.84 Å². The van der Waals surface area contributed by atoms with Crippen molar-refractivity contribution in [3.63, 3.8) is 0 Å². The fourth-order valence-corrected chi connectivity index (χ4v) is 2.34. The molecule has 1 fully saturated rings. The summed E-state index contributed by atoms with van der Waals surface area (Å²) in [7, 11) is 0. The van der Waals surface area contributed by atoms with Crippen LogP contribution in [0, 0.1) is 11.8 Å². The predicted molar refractivity (Wildman–Crippen MR) is 56.0 cm³/mol.